The molecule has 1 aliphatic carbocycles. The Morgan fingerprint density at radius 3 is 2.48 bits per heavy atom. The highest BCUT2D eigenvalue weighted by Gasteiger charge is 2.20. The Labute approximate surface area is 144 Å². The zero-order valence-corrected chi connectivity index (χ0v) is 13.7. The van der Waals surface area contributed by atoms with E-state index in [-0.39, 0.29) is 11.3 Å². The average Bonchev–Trinajstić information content (AvgIpc) is 2.97. The van der Waals surface area contributed by atoms with Gasteiger partial charge in [-0.3, -0.25) is 4.79 Å². The minimum absolute atomic E-state index is 0.00371. The van der Waals surface area contributed by atoms with Crippen LogP contribution in [0.2, 0.25) is 0 Å². The maximum absolute atomic E-state index is 11.5. The molecule has 2 aromatic rings. The molecule has 1 amide bonds. The summed E-state index contributed by atoms with van der Waals surface area (Å²) in [6.07, 6.45) is 7.99. The molecule has 0 atom stereocenters. The van der Waals surface area contributed by atoms with Gasteiger partial charge in [0, 0.05) is 18.1 Å². The number of aromatic nitrogens is 1. The fraction of sp³-hybridized carbons (Fsp3) is 0.389. The number of fused-ring (bicyclic) bond motifs is 1. The topological polar surface area (TPSA) is 109 Å². The van der Waals surface area contributed by atoms with Crippen LogP contribution in [0.25, 0.3) is 10.9 Å². The first-order valence-electron chi connectivity index (χ1n) is 8.36. The third-order valence-electron chi connectivity index (χ3n) is 4.76. The lowest BCUT2D eigenvalue weighted by atomic mass is 9.89. The summed E-state index contributed by atoms with van der Waals surface area (Å²) in [6, 6.07) is 4.85. The number of hydrogen-bond donors (Lipinski definition) is 3. The number of anilines is 1. The van der Waals surface area contributed by atoms with Gasteiger partial charge in [0.15, 0.2) is 0 Å². The van der Waals surface area contributed by atoms with Crippen molar-refractivity contribution in [3.8, 4) is 0 Å². The van der Waals surface area contributed by atoms with Crippen LogP contribution in [0.4, 0.5) is 5.69 Å². The smallest absolute Gasteiger partial charge is 0.394 e. The first kappa shape index (κ1) is 17.0. The maximum atomic E-state index is 11.5. The standard InChI is InChI=1S/C18H20N2O5/c21-16(18(24)25)19-14-9-15-12(8-13(14)17(22)23)6-7-20(15)10-11-4-2-1-3-5-11/h6-9,11H,1-5,10H2,(H,19,21)(H,22,23)(H,24,25). The predicted molar refractivity (Wildman–Crippen MR) is 91.7 cm³/mol. The molecule has 0 unspecified atom stereocenters. The van der Waals surface area contributed by atoms with Crippen molar-refractivity contribution in [2.45, 2.75) is 38.6 Å². The van der Waals surface area contributed by atoms with Crippen molar-refractivity contribution in [3.05, 3.63) is 30.0 Å². The predicted octanol–water partition coefficient (Wildman–Crippen LogP) is 2.94. The molecule has 1 saturated carbocycles. The molecule has 1 aromatic carbocycles. The fourth-order valence-corrected chi connectivity index (χ4v) is 3.50. The van der Waals surface area contributed by atoms with Crippen LogP contribution in [0.5, 0.6) is 0 Å². The molecule has 0 bridgehead atoms. The Kier molecular flexibility index (Phi) is 4.74. The molecule has 0 spiro atoms. The number of hydrogen-bond acceptors (Lipinski definition) is 3. The molecule has 0 saturated heterocycles. The molecule has 1 heterocycles. The Morgan fingerprint density at radius 2 is 1.84 bits per heavy atom. The molecule has 25 heavy (non-hydrogen) atoms. The highest BCUT2D eigenvalue weighted by molar-refractivity contribution is 6.37. The Morgan fingerprint density at radius 1 is 1.12 bits per heavy atom. The van der Waals surface area contributed by atoms with E-state index in [1.165, 1.54) is 38.2 Å². The summed E-state index contributed by atoms with van der Waals surface area (Å²) in [5.74, 6) is -3.55. The van der Waals surface area contributed by atoms with Crippen molar-refractivity contribution in [1.29, 1.82) is 0 Å². The zero-order valence-electron chi connectivity index (χ0n) is 13.7. The number of carboxylic acids is 2. The summed E-state index contributed by atoms with van der Waals surface area (Å²) < 4.78 is 2.05. The van der Waals surface area contributed by atoms with Gasteiger partial charge < -0.3 is 20.1 Å². The molecule has 1 aliphatic rings. The van der Waals surface area contributed by atoms with Crippen LogP contribution in [0.3, 0.4) is 0 Å². The van der Waals surface area contributed by atoms with Crippen molar-refractivity contribution in [1.82, 2.24) is 4.57 Å². The molecule has 3 N–H and O–H groups in total. The monoisotopic (exact) mass is 344 g/mol. The van der Waals surface area contributed by atoms with Gasteiger partial charge in [0.25, 0.3) is 0 Å². The molecule has 0 aliphatic heterocycles. The average molecular weight is 344 g/mol. The van der Waals surface area contributed by atoms with E-state index in [4.69, 9.17) is 5.11 Å². The van der Waals surface area contributed by atoms with E-state index in [1.54, 1.807) is 6.07 Å². The molecule has 1 fully saturated rings. The largest absolute Gasteiger partial charge is 0.478 e. The van der Waals surface area contributed by atoms with Gasteiger partial charge in [-0.1, -0.05) is 19.3 Å². The van der Waals surface area contributed by atoms with E-state index in [2.05, 4.69) is 5.32 Å². The van der Waals surface area contributed by atoms with E-state index in [0.717, 1.165) is 17.4 Å². The minimum atomic E-state index is -1.66. The molecule has 1 aromatic heterocycles. The summed E-state index contributed by atoms with van der Waals surface area (Å²) in [5.41, 5.74) is 0.657. The summed E-state index contributed by atoms with van der Waals surface area (Å²) >= 11 is 0. The number of carboxylic acid groups (broad SMARTS) is 2. The Hall–Kier alpha value is -2.83. The van der Waals surface area contributed by atoms with Crippen molar-refractivity contribution in [2.24, 2.45) is 5.92 Å². The molecule has 0 radical (unpaired) electrons. The molecule has 7 nitrogen and oxygen atoms in total. The molecular formula is C18H20N2O5. The molecule has 132 valence electrons. The van der Waals surface area contributed by atoms with Gasteiger partial charge in [0.05, 0.1) is 16.8 Å². The van der Waals surface area contributed by atoms with Crippen molar-refractivity contribution in [3.63, 3.8) is 0 Å². The number of nitrogens with one attached hydrogen (secondary N) is 1. The second kappa shape index (κ2) is 6.96. The van der Waals surface area contributed by atoms with Crippen molar-refractivity contribution in [2.75, 3.05) is 5.32 Å². The normalized spacial score (nSPS) is 15.2. The Bertz CT molecular complexity index is 833. The van der Waals surface area contributed by atoms with Gasteiger partial charge in [-0.05, 0) is 37.0 Å². The second-order valence-electron chi connectivity index (χ2n) is 6.49. The van der Waals surface area contributed by atoms with Gasteiger partial charge >= 0.3 is 17.8 Å². The van der Waals surface area contributed by atoms with Crippen LogP contribution >= 0.6 is 0 Å². The lowest BCUT2D eigenvalue weighted by Gasteiger charge is -2.22. The first-order valence-corrected chi connectivity index (χ1v) is 8.36. The van der Waals surface area contributed by atoms with Gasteiger partial charge in [0.1, 0.15) is 0 Å². The van der Waals surface area contributed by atoms with Gasteiger partial charge in [-0.25, -0.2) is 9.59 Å². The maximum Gasteiger partial charge on any atom is 0.394 e. The number of carbonyl (C=O) groups excluding carboxylic acids is 1. The summed E-state index contributed by atoms with van der Waals surface area (Å²) in [5, 5.41) is 21.0. The van der Waals surface area contributed by atoms with E-state index >= 15 is 0 Å². The van der Waals surface area contributed by atoms with E-state index < -0.39 is 17.8 Å². The summed E-state index contributed by atoms with van der Waals surface area (Å²) in [6.45, 7) is 0.836. The SMILES string of the molecule is O=C(O)C(=O)Nc1cc2c(ccn2CC2CCCCC2)cc1C(=O)O. The number of aromatic carboxylic acids is 1. The second-order valence-corrected chi connectivity index (χ2v) is 6.49. The van der Waals surface area contributed by atoms with Gasteiger partial charge in [0.2, 0.25) is 0 Å². The minimum Gasteiger partial charge on any atom is -0.478 e. The van der Waals surface area contributed by atoms with Crippen molar-refractivity contribution < 1.29 is 24.6 Å². The van der Waals surface area contributed by atoms with E-state index in [9.17, 15) is 19.5 Å². The van der Waals surface area contributed by atoms with Crippen LogP contribution in [-0.4, -0.2) is 32.6 Å². The van der Waals surface area contributed by atoms with Crippen molar-refractivity contribution >= 4 is 34.4 Å². The number of carbonyl (C=O) groups is 3. The number of nitrogens with zero attached hydrogens (tertiary/aromatic N) is 1. The highest BCUT2D eigenvalue weighted by Crippen LogP contribution is 2.29. The quantitative estimate of drug-likeness (QED) is 0.739. The van der Waals surface area contributed by atoms with Gasteiger partial charge in [-0.2, -0.15) is 0 Å². The lowest BCUT2D eigenvalue weighted by Crippen LogP contribution is -2.23. The van der Waals surface area contributed by atoms with Crippen LogP contribution in [-0.2, 0) is 16.1 Å². The lowest BCUT2D eigenvalue weighted by molar-refractivity contribution is -0.147. The van der Waals surface area contributed by atoms with Crippen LogP contribution in [0.1, 0.15) is 42.5 Å². The van der Waals surface area contributed by atoms with Crippen LogP contribution in [0.15, 0.2) is 24.4 Å². The zero-order chi connectivity index (χ0) is 18.0. The molecular weight excluding hydrogens is 324 g/mol. The number of benzene rings is 1. The fourth-order valence-electron chi connectivity index (χ4n) is 3.50. The number of rotatable bonds is 4. The third kappa shape index (κ3) is 3.65. The summed E-state index contributed by atoms with van der Waals surface area (Å²) in [7, 11) is 0. The third-order valence-corrected chi connectivity index (χ3v) is 4.76. The van der Waals surface area contributed by atoms with Crippen LogP contribution in [0, 0.1) is 5.92 Å². The highest BCUT2D eigenvalue weighted by atomic mass is 16.4. The number of amides is 1. The molecule has 7 heteroatoms. The van der Waals surface area contributed by atoms with Gasteiger partial charge in [-0.15, -0.1) is 0 Å². The van der Waals surface area contributed by atoms with E-state index in [0.29, 0.717) is 5.92 Å². The summed E-state index contributed by atoms with van der Waals surface area (Å²) in [4.78, 5) is 33.7. The Balaban J connectivity index is 1.96. The molecule has 3 rings (SSSR count). The number of aliphatic carboxylic acids is 1. The first-order chi connectivity index (χ1) is 12.0. The van der Waals surface area contributed by atoms with E-state index in [1.807, 2.05) is 16.8 Å². The van der Waals surface area contributed by atoms with Crippen LogP contribution < -0.4 is 5.32 Å².